The van der Waals surface area contributed by atoms with Crippen LogP contribution in [0.5, 0.6) is 0 Å². The van der Waals surface area contributed by atoms with Gasteiger partial charge in [-0.05, 0) is 33.3 Å². The van der Waals surface area contributed by atoms with E-state index < -0.39 is 17.7 Å². The van der Waals surface area contributed by atoms with E-state index in [1.165, 1.54) is 12.1 Å². The molecule has 90 valence electrons. The Morgan fingerprint density at radius 3 is 2.56 bits per heavy atom. The maximum atomic E-state index is 13.7. The lowest BCUT2D eigenvalue weighted by atomic mass is 10.1. The van der Waals surface area contributed by atoms with Gasteiger partial charge in [-0.3, -0.25) is 0 Å². The summed E-state index contributed by atoms with van der Waals surface area (Å²) in [5.74, 6) is -0.684. The molecule has 1 rings (SSSR count). The Bertz CT molecular complexity index is 371. The van der Waals surface area contributed by atoms with E-state index >= 15 is 0 Å². The molecule has 0 fully saturated rings. The van der Waals surface area contributed by atoms with Crippen molar-refractivity contribution >= 4 is 27.7 Å². The minimum Gasteiger partial charge on any atom is -0.323 e. The molecule has 0 bridgehead atoms. The largest absolute Gasteiger partial charge is 0.323 e. The van der Waals surface area contributed by atoms with E-state index in [4.69, 9.17) is 5.73 Å². The highest BCUT2D eigenvalue weighted by Crippen LogP contribution is 2.28. The van der Waals surface area contributed by atoms with Gasteiger partial charge in [0, 0.05) is 17.4 Å². The van der Waals surface area contributed by atoms with Gasteiger partial charge in [0.15, 0.2) is 0 Å². The van der Waals surface area contributed by atoms with Crippen LogP contribution in [0, 0.1) is 11.6 Å². The van der Waals surface area contributed by atoms with Gasteiger partial charge in [-0.2, -0.15) is 11.8 Å². The van der Waals surface area contributed by atoms with Crippen LogP contribution in [0.3, 0.4) is 0 Å². The van der Waals surface area contributed by atoms with Crippen LogP contribution in [0.1, 0.15) is 25.5 Å². The van der Waals surface area contributed by atoms with Crippen molar-refractivity contribution < 1.29 is 8.78 Å². The molecular formula is C11H14BrF2NS. The first-order chi connectivity index (χ1) is 7.43. The second kappa shape index (κ2) is 5.98. The predicted octanol–water partition coefficient (Wildman–Crippen LogP) is 3.87. The molecule has 0 heterocycles. The molecule has 0 radical (unpaired) electrons. The second-order valence-electron chi connectivity index (χ2n) is 3.75. The molecular weight excluding hydrogens is 296 g/mol. The van der Waals surface area contributed by atoms with E-state index in [1.54, 1.807) is 11.8 Å². The summed E-state index contributed by atoms with van der Waals surface area (Å²) in [6.45, 7) is 4.04. The molecule has 1 aromatic rings. The van der Waals surface area contributed by atoms with E-state index in [9.17, 15) is 8.78 Å². The van der Waals surface area contributed by atoms with Crippen LogP contribution >= 0.6 is 27.7 Å². The monoisotopic (exact) mass is 309 g/mol. The van der Waals surface area contributed by atoms with Gasteiger partial charge in [0.1, 0.15) is 11.6 Å². The molecule has 0 saturated carbocycles. The molecule has 0 amide bonds. The summed E-state index contributed by atoms with van der Waals surface area (Å²) in [5.41, 5.74) is 5.75. The maximum absolute atomic E-state index is 13.7. The molecule has 0 aliphatic carbocycles. The maximum Gasteiger partial charge on any atom is 0.145 e. The summed E-state index contributed by atoms with van der Waals surface area (Å²) < 4.78 is 27.4. The third-order valence-electron chi connectivity index (χ3n) is 2.06. The Balaban J connectivity index is 2.90. The van der Waals surface area contributed by atoms with Gasteiger partial charge in [-0.25, -0.2) is 8.78 Å². The first kappa shape index (κ1) is 13.9. The fourth-order valence-electron chi connectivity index (χ4n) is 1.26. The van der Waals surface area contributed by atoms with Crippen molar-refractivity contribution in [2.24, 2.45) is 5.73 Å². The first-order valence-electron chi connectivity index (χ1n) is 4.94. The number of hydrogen-bond acceptors (Lipinski definition) is 2. The number of benzene rings is 1. The molecule has 0 saturated heterocycles. The number of halogens is 3. The lowest BCUT2D eigenvalue weighted by Crippen LogP contribution is -2.18. The number of nitrogens with two attached hydrogens (primary N) is 1. The van der Waals surface area contributed by atoms with Gasteiger partial charge in [0.25, 0.3) is 0 Å². The van der Waals surface area contributed by atoms with Gasteiger partial charge >= 0.3 is 0 Å². The zero-order valence-electron chi connectivity index (χ0n) is 9.14. The van der Waals surface area contributed by atoms with Crippen molar-refractivity contribution in [3.63, 3.8) is 0 Å². The SMILES string of the molecule is CC(C)SCC(N)c1c(F)ccc(Br)c1F. The van der Waals surface area contributed by atoms with E-state index in [0.717, 1.165) is 0 Å². The number of rotatable bonds is 4. The van der Waals surface area contributed by atoms with E-state index in [-0.39, 0.29) is 10.0 Å². The van der Waals surface area contributed by atoms with Crippen LogP contribution in [0.25, 0.3) is 0 Å². The highest BCUT2D eigenvalue weighted by molar-refractivity contribution is 9.10. The van der Waals surface area contributed by atoms with Crippen molar-refractivity contribution in [3.05, 3.63) is 33.8 Å². The zero-order chi connectivity index (χ0) is 12.3. The van der Waals surface area contributed by atoms with Crippen molar-refractivity contribution in [1.82, 2.24) is 0 Å². The fraction of sp³-hybridized carbons (Fsp3) is 0.455. The quantitative estimate of drug-likeness (QED) is 0.854. The van der Waals surface area contributed by atoms with Crippen LogP contribution in [-0.4, -0.2) is 11.0 Å². The van der Waals surface area contributed by atoms with Gasteiger partial charge in [-0.1, -0.05) is 13.8 Å². The molecule has 16 heavy (non-hydrogen) atoms. The van der Waals surface area contributed by atoms with Crippen molar-refractivity contribution in [1.29, 1.82) is 0 Å². The summed E-state index contributed by atoms with van der Waals surface area (Å²) in [6, 6.07) is 1.95. The molecule has 0 aliphatic heterocycles. The van der Waals surface area contributed by atoms with Gasteiger partial charge in [0.05, 0.1) is 4.47 Å². The molecule has 0 aliphatic rings. The van der Waals surface area contributed by atoms with E-state index in [2.05, 4.69) is 15.9 Å². The standard InChI is InChI=1S/C11H14BrF2NS/c1-6(2)16-5-9(15)10-8(13)4-3-7(12)11(10)14/h3-4,6,9H,5,15H2,1-2H3. The topological polar surface area (TPSA) is 26.0 Å². The Labute approximate surface area is 107 Å². The van der Waals surface area contributed by atoms with Gasteiger partial charge in [0.2, 0.25) is 0 Å². The zero-order valence-corrected chi connectivity index (χ0v) is 11.5. The molecule has 1 nitrogen and oxygen atoms in total. The highest BCUT2D eigenvalue weighted by atomic mass is 79.9. The van der Waals surface area contributed by atoms with Crippen LogP contribution < -0.4 is 5.73 Å². The Morgan fingerprint density at radius 1 is 1.38 bits per heavy atom. The van der Waals surface area contributed by atoms with Crippen molar-refractivity contribution in [2.45, 2.75) is 25.1 Å². The summed E-state index contributed by atoms with van der Waals surface area (Å²) in [4.78, 5) is 0. The average Bonchev–Trinajstić information content (AvgIpc) is 2.21. The minimum atomic E-state index is -0.620. The Kier molecular flexibility index (Phi) is 5.21. The lowest BCUT2D eigenvalue weighted by Gasteiger charge is -2.15. The van der Waals surface area contributed by atoms with Gasteiger partial charge in [-0.15, -0.1) is 0 Å². The summed E-state index contributed by atoms with van der Waals surface area (Å²) in [5, 5.41) is 0.393. The van der Waals surface area contributed by atoms with Crippen molar-refractivity contribution in [3.8, 4) is 0 Å². The predicted molar refractivity (Wildman–Crippen MR) is 68.6 cm³/mol. The van der Waals surface area contributed by atoms with Crippen LogP contribution in [0.15, 0.2) is 16.6 Å². The van der Waals surface area contributed by atoms with Crippen LogP contribution in [0.2, 0.25) is 0 Å². The summed E-state index contributed by atoms with van der Waals surface area (Å²) in [7, 11) is 0. The fourth-order valence-corrected chi connectivity index (χ4v) is 2.37. The van der Waals surface area contributed by atoms with Crippen LogP contribution in [0.4, 0.5) is 8.78 Å². The number of thioether (sulfide) groups is 1. The molecule has 1 aromatic carbocycles. The third-order valence-corrected chi connectivity index (χ3v) is 3.89. The third kappa shape index (κ3) is 3.43. The molecule has 1 unspecified atom stereocenters. The summed E-state index contributed by atoms with van der Waals surface area (Å²) in [6.07, 6.45) is 0. The Morgan fingerprint density at radius 2 is 2.00 bits per heavy atom. The van der Waals surface area contributed by atoms with Crippen LogP contribution in [-0.2, 0) is 0 Å². The van der Waals surface area contributed by atoms with Gasteiger partial charge < -0.3 is 5.73 Å². The van der Waals surface area contributed by atoms with E-state index in [1.807, 2.05) is 13.8 Å². The highest BCUT2D eigenvalue weighted by Gasteiger charge is 2.19. The Hall–Kier alpha value is -0.130. The molecule has 2 N–H and O–H groups in total. The van der Waals surface area contributed by atoms with E-state index in [0.29, 0.717) is 11.0 Å². The average molecular weight is 310 g/mol. The van der Waals surface area contributed by atoms with Crippen molar-refractivity contribution in [2.75, 3.05) is 5.75 Å². The molecule has 1 atom stereocenters. The molecule has 0 aromatic heterocycles. The lowest BCUT2D eigenvalue weighted by molar-refractivity contribution is 0.534. The summed E-state index contributed by atoms with van der Waals surface area (Å²) >= 11 is 4.61. The smallest absolute Gasteiger partial charge is 0.145 e. The number of hydrogen-bond donors (Lipinski definition) is 1. The minimum absolute atomic E-state index is 0.0393. The normalized spacial score (nSPS) is 13.2. The first-order valence-corrected chi connectivity index (χ1v) is 6.78. The molecule has 0 spiro atoms. The second-order valence-corrected chi connectivity index (χ2v) is 6.21. The molecule has 5 heteroatoms.